The number of nitrogens with two attached hydrogens (primary N) is 1. The largest absolute Gasteiger partial charge is 0.476 e. The minimum Gasteiger partial charge on any atom is -0.476 e. The van der Waals surface area contributed by atoms with Crippen LogP contribution in [-0.4, -0.2) is 48.5 Å². The number of nitrogens with one attached hydrogen (secondary N) is 2. The van der Waals surface area contributed by atoms with Crippen molar-refractivity contribution in [3.8, 4) is 0 Å². The van der Waals surface area contributed by atoms with Crippen LogP contribution in [-0.2, 0) is 18.3 Å². The molecular formula is C29H34N6O4. The highest BCUT2D eigenvalue weighted by molar-refractivity contribution is 6.03. The molecule has 0 saturated heterocycles. The van der Waals surface area contributed by atoms with E-state index in [4.69, 9.17) is 5.73 Å². The highest BCUT2D eigenvalue weighted by Gasteiger charge is 2.37. The maximum absolute atomic E-state index is 13.9. The van der Waals surface area contributed by atoms with Gasteiger partial charge in [-0.15, -0.1) is 0 Å². The van der Waals surface area contributed by atoms with Gasteiger partial charge in [0, 0.05) is 41.9 Å². The Kier molecular flexibility index (Phi) is 8.15. The number of amides is 3. The minimum absolute atomic E-state index is 0.115. The second kappa shape index (κ2) is 11.5. The molecule has 0 aliphatic heterocycles. The standard InChI is InChI=1S/C29H34N6O4/c1-17(2)14-22(30)27(36)35(29(39)32-20-10-6-5-7-11-20)24(26-31-18(3)25(33-26)28(37)38)15-19-16-34(4)23-13-9-8-12-21(19)23/h5-13,16-17,22,24H,14-15,30H2,1-4H3,(H,31,33)(H,32,39)(H,37,38)/t22-,24+/m0/s1. The second-order valence-electron chi connectivity index (χ2n) is 10.1. The number of H-pyrrole nitrogens is 1. The summed E-state index contributed by atoms with van der Waals surface area (Å²) >= 11 is 0. The molecule has 2 heterocycles. The molecule has 4 aromatic rings. The van der Waals surface area contributed by atoms with Crippen molar-refractivity contribution in [3.05, 3.63) is 83.6 Å². The number of imidazole rings is 1. The zero-order valence-electron chi connectivity index (χ0n) is 22.5. The Morgan fingerprint density at radius 2 is 1.77 bits per heavy atom. The number of urea groups is 1. The Hall–Kier alpha value is -4.44. The van der Waals surface area contributed by atoms with Gasteiger partial charge >= 0.3 is 12.0 Å². The van der Waals surface area contributed by atoms with E-state index in [1.165, 1.54) is 0 Å². The Labute approximate surface area is 226 Å². The SMILES string of the molecule is Cc1[nH]c([C@@H](Cc2cn(C)c3ccccc23)N(C(=O)Nc2ccccc2)C(=O)[C@@H](N)CC(C)C)nc1C(=O)O. The van der Waals surface area contributed by atoms with Crippen LogP contribution >= 0.6 is 0 Å². The molecule has 2 atom stereocenters. The van der Waals surface area contributed by atoms with Gasteiger partial charge < -0.3 is 25.7 Å². The first kappa shape index (κ1) is 27.6. The monoisotopic (exact) mass is 530 g/mol. The maximum atomic E-state index is 13.9. The topological polar surface area (TPSA) is 146 Å². The number of rotatable bonds is 9. The first-order valence-electron chi connectivity index (χ1n) is 12.8. The van der Waals surface area contributed by atoms with Gasteiger partial charge in [0.15, 0.2) is 5.69 Å². The number of nitrogens with zero attached hydrogens (tertiary/aromatic N) is 3. The van der Waals surface area contributed by atoms with E-state index in [9.17, 15) is 19.5 Å². The van der Waals surface area contributed by atoms with E-state index in [0.717, 1.165) is 21.4 Å². The fourth-order valence-corrected chi connectivity index (χ4v) is 4.84. The number of para-hydroxylation sites is 2. The molecule has 0 aliphatic rings. The molecule has 0 unspecified atom stereocenters. The predicted molar refractivity (Wildman–Crippen MR) is 149 cm³/mol. The molecular weight excluding hydrogens is 496 g/mol. The average Bonchev–Trinajstić information content (AvgIpc) is 3.43. The van der Waals surface area contributed by atoms with Crippen LogP contribution in [0.25, 0.3) is 10.9 Å². The summed E-state index contributed by atoms with van der Waals surface area (Å²) in [5.41, 5.74) is 8.84. The molecule has 0 bridgehead atoms. The highest BCUT2D eigenvalue weighted by Crippen LogP contribution is 2.31. The number of aromatic amines is 1. The third-order valence-corrected chi connectivity index (χ3v) is 6.65. The van der Waals surface area contributed by atoms with Crippen LogP contribution in [0.15, 0.2) is 60.8 Å². The summed E-state index contributed by atoms with van der Waals surface area (Å²) in [4.78, 5) is 48.0. The van der Waals surface area contributed by atoms with Crippen molar-refractivity contribution in [1.82, 2.24) is 19.4 Å². The van der Waals surface area contributed by atoms with Crippen LogP contribution in [0.5, 0.6) is 0 Å². The zero-order valence-corrected chi connectivity index (χ0v) is 22.5. The Bertz CT molecular complexity index is 1490. The number of carbonyl (C=O) groups is 3. The number of carbonyl (C=O) groups excluding carboxylic acids is 2. The number of aryl methyl sites for hydroxylation is 2. The quantitative estimate of drug-likeness (QED) is 0.248. The van der Waals surface area contributed by atoms with Gasteiger partial charge in [0.25, 0.3) is 0 Å². The lowest BCUT2D eigenvalue weighted by Gasteiger charge is -2.31. The average molecular weight is 531 g/mol. The number of benzene rings is 2. The maximum Gasteiger partial charge on any atom is 0.356 e. The lowest BCUT2D eigenvalue weighted by Crippen LogP contribution is -2.51. The van der Waals surface area contributed by atoms with E-state index in [1.54, 1.807) is 31.2 Å². The van der Waals surface area contributed by atoms with E-state index in [0.29, 0.717) is 17.8 Å². The molecule has 5 N–H and O–H groups in total. The van der Waals surface area contributed by atoms with Gasteiger partial charge in [0.2, 0.25) is 5.91 Å². The summed E-state index contributed by atoms with van der Waals surface area (Å²) in [5, 5.41) is 13.4. The van der Waals surface area contributed by atoms with Gasteiger partial charge in [0.05, 0.1) is 6.04 Å². The lowest BCUT2D eigenvalue weighted by atomic mass is 10.00. The van der Waals surface area contributed by atoms with Gasteiger partial charge in [-0.2, -0.15) is 0 Å². The van der Waals surface area contributed by atoms with Gasteiger partial charge in [-0.05, 0) is 43.0 Å². The molecule has 3 amide bonds. The number of carboxylic acids is 1. The van der Waals surface area contributed by atoms with Gasteiger partial charge in [-0.1, -0.05) is 50.2 Å². The van der Waals surface area contributed by atoms with Crippen LogP contribution in [0.4, 0.5) is 10.5 Å². The molecule has 39 heavy (non-hydrogen) atoms. The predicted octanol–water partition coefficient (Wildman–Crippen LogP) is 4.63. The highest BCUT2D eigenvalue weighted by atomic mass is 16.4. The molecule has 10 nitrogen and oxygen atoms in total. The van der Waals surface area contributed by atoms with Crippen LogP contribution in [0, 0.1) is 12.8 Å². The first-order chi connectivity index (χ1) is 18.6. The Morgan fingerprint density at radius 3 is 2.41 bits per heavy atom. The van der Waals surface area contributed by atoms with E-state index in [-0.39, 0.29) is 23.9 Å². The third kappa shape index (κ3) is 6.01. The molecule has 0 radical (unpaired) electrons. The second-order valence-corrected chi connectivity index (χ2v) is 10.1. The van der Waals surface area contributed by atoms with E-state index in [2.05, 4.69) is 15.3 Å². The van der Waals surface area contributed by atoms with Crippen LogP contribution < -0.4 is 11.1 Å². The summed E-state index contributed by atoms with van der Waals surface area (Å²) in [7, 11) is 1.92. The van der Waals surface area contributed by atoms with Crippen LogP contribution in [0.3, 0.4) is 0 Å². The van der Waals surface area contributed by atoms with Crippen molar-refractivity contribution in [2.24, 2.45) is 18.7 Å². The number of anilines is 1. The summed E-state index contributed by atoms with van der Waals surface area (Å²) in [6.45, 7) is 5.49. The molecule has 0 aliphatic carbocycles. The number of hydrogen-bond acceptors (Lipinski definition) is 5. The number of fused-ring (bicyclic) bond motifs is 1. The van der Waals surface area contributed by atoms with Crippen LogP contribution in [0.1, 0.15) is 53.9 Å². The van der Waals surface area contributed by atoms with Gasteiger partial charge in [0.1, 0.15) is 11.9 Å². The van der Waals surface area contributed by atoms with E-state index >= 15 is 0 Å². The fourth-order valence-electron chi connectivity index (χ4n) is 4.84. The number of aromatic nitrogens is 3. The smallest absolute Gasteiger partial charge is 0.356 e. The summed E-state index contributed by atoms with van der Waals surface area (Å²) in [5.74, 6) is -1.48. The minimum atomic E-state index is -1.21. The molecule has 4 rings (SSSR count). The van der Waals surface area contributed by atoms with Crippen molar-refractivity contribution < 1.29 is 19.5 Å². The fraction of sp³-hybridized carbons (Fsp3) is 0.310. The van der Waals surface area contributed by atoms with Crippen molar-refractivity contribution in [2.45, 2.75) is 45.7 Å². The van der Waals surface area contributed by atoms with Crippen molar-refractivity contribution >= 4 is 34.5 Å². The normalized spacial score (nSPS) is 12.9. The first-order valence-corrected chi connectivity index (χ1v) is 12.8. The summed E-state index contributed by atoms with van der Waals surface area (Å²) < 4.78 is 1.97. The zero-order chi connectivity index (χ0) is 28.3. The third-order valence-electron chi connectivity index (χ3n) is 6.65. The Morgan fingerprint density at radius 1 is 1.10 bits per heavy atom. The summed E-state index contributed by atoms with van der Waals surface area (Å²) in [6.07, 6.45) is 2.50. The van der Waals surface area contributed by atoms with E-state index in [1.807, 2.05) is 62.0 Å². The van der Waals surface area contributed by atoms with E-state index < -0.39 is 30.0 Å². The van der Waals surface area contributed by atoms with Gasteiger partial charge in [-0.3, -0.25) is 9.69 Å². The number of carboxylic acid groups (broad SMARTS) is 1. The lowest BCUT2D eigenvalue weighted by molar-refractivity contribution is -0.131. The van der Waals surface area contributed by atoms with Crippen molar-refractivity contribution in [3.63, 3.8) is 0 Å². The summed E-state index contributed by atoms with van der Waals surface area (Å²) in [6, 6.07) is 14.0. The Balaban J connectivity index is 1.85. The number of hydrogen-bond donors (Lipinski definition) is 4. The van der Waals surface area contributed by atoms with Crippen molar-refractivity contribution in [2.75, 3.05) is 5.32 Å². The molecule has 0 spiro atoms. The van der Waals surface area contributed by atoms with Crippen LogP contribution in [0.2, 0.25) is 0 Å². The van der Waals surface area contributed by atoms with Gasteiger partial charge in [-0.25, -0.2) is 14.6 Å². The number of aromatic carboxylic acids is 1. The van der Waals surface area contributed by atoms with Crippen molar-refractivity contribution in [1.29, 1.82) is 0 Å². The number of imide groups is 1. The molecule has 204 valence electrons. The molecule has 2 aromatic carbocycles. The molecule has 2 aromatic heterocycles. The molecule has 10 heteroatoms. The molecule has 0 saturated carbocycles. The molecule has 0 fully saturated rings.